The van der Waals surface area contributed by atoms with Crippen molar-refractivity contribution in [2.75, 3.05) is 20.2 Å². The third-order valence-electron chi connectivity index (χ3n) is 8.96. The highest BCUT2D eigenvalue weighted by Crippen LogP contribution is 2.50. The first-order chi connectivity index (χ1) is 16.1. The number of hydrogen-bond acceptors (Lipinski definition) is 4. The lowest BCUT2D eigenvalue weighted by molar-refractivity contribution is -0.104. The number of aromatic nitrogens is 1. The van der Waals surface area contributed by atoms with Crippen LogP contribution in [0.15, 0.2) is 42.6 Å². The van der Waals surface area contributed by atoms with Gasteiger partial charge in [0.2, 0.25) is 0 Å². The van der Waals surface area contributed by atoms with Gasteiger partial charge in [-0.1, -0.05) is 31.0 Å². The highest BCUT2D eigenvalue weighted by Gasteiger charge is 2.48. The Labute approximate surface area is 196 Å². The van der Waals surface area contributed by atoms with Crippen LogP contribution in [0.1, 0.15) is 97.0 Å². The Morgan fingerprint density at radius 1 is 1.12 bits per heavy atom. The number of rotatable bonds is 5. The van der Waals surface area contributed by atoms with Crippen molar-refractivity contribution in [2.45, 2.75) is 80.9 Å². The average molecular weight is 446 g/mol. The van der Waals surface area contributed by atoms with Gasteiger partial charge in [-0.15, -0.1) is 0 Å². The predicted octanol–water partition coefficient (Wildman–Crippen LogP) is 5.08. The molecule has 3 heterocycles. The maximum absolute atomic E-state index is 12.7. The molecule has 1 aromatic heterocycles. The third-order valence-corrected chi connectivity index (χ3v) is 8.96. The van der Waals surface area contributed by atoms with E-state index in [0.717, 1.165) is 50.8 Å². The Balaban J connectivity index is 1.22. The summed E-state index contributed by atoms with van der Waals surface area (Å²) in [6.45, 7) is 1.79. The zero-order valence-electron chi connectivity index (χ0n) is 19.7. The van der Waals surface area contributed by atoms with Crippen molar-refractivity contribution in [3.63, 3.8) is 0 Å². The minimum atomic E-state index is 0.0546. The number of hydrogen-bond donors (Lipinski definition) is 1. The summed E-state index contributed by atoms with van der Waals surface area (Å²) in [6, 6.07) is 13.2. The van der Waals surface area contributed by atoms with Gasteiger partial charge in [-0.3, -0.25) is 9.78 Å². The lowest BCUT2D eigenvalue weighted by atomic mass is 9.68. The zero-order valence-corrected chi connectivity index (χ0v) is 19.7. The van der Waals surface area contributed by atoms with Crippen LogP contribution in [0.5, 0.6) is 0 Å². The summed E-state index contributed by atoms with van der Waals surface area (Å²) in [4.78, 5) is 19.5. The van der Waals surface area contributed by atoms with E-state index in [4.69, 9.17) is 9.72 Å². The van der Waals surface area contributed by atoms with Crippen molar-refractivity contribution < 1.29 is 9.53 Å². The normalized spacial score (nSPS) is 30.1. The second-order valence-electron chi connectivity index (χ2n) is 10.7. The van der Waals surface area contributed by atoms with Crippen LogP contribution >= 0.6 is 0 Å². The number of nitrogens with one attached hydrogen (secondary N) is 1. The Bertz CT molecular complexity index is 1030. The van der Waals surface area contributed by atoms with Gasteiger partial charge in [-0.05, 0) is 80.8 Å². The molecule has 2 aliphatic carbocycles. The fourth-order valence-electron chi connectivity index (χ4n) is 7.28. The third kappa shape index (κ3) is 3.52. The zero-order chi connectivity index (χ0) is 22.5. The van der Waals surface area contributed by atoms with Crippen LogP contribution in [0, 0.1) is 0 Å². The van der Waals surface area contributed by atoms with Crippen molar-refractivity contribution in [1.82, 2.24) is 15.2 Å². The Morgan fingerprint density at radius 2 is 2.00 bits per heavy atom. The highest BCUT2D eigenvalue weighted by atomic mass is 16.5. The maximum Gasteiger partial charge on any atom is 0.254 e. The van der Waals surface area contributed by atoms with E-state index in [1.54, 1.807) is 0 Å². The molecule has 2 aromatic rings. The monoisotopic (exact) mass is 445 g/mol. The molecule has 1 saturated heterocycles. The molecule has 1 spiro atoms. The van der Waals surface area contributed by atoms with Gasteiger partial charge >= 0.3 is 0 Å². The molecule has 1 amide bonds. The van der Waals surface area contributed by atoms with Crippen molar-refractivity contribution in [3.8, 4) is 0 Å². The molecule has 1 aromatic carbocycles. The van der Waals surface area contributed by atoms with Gasteiger partial charge in [0, 0.05) is 42.6 Å². The molecule has 33 heavy (non-hydrogen) atoms. The maximum atomic E-state index is 12.7. The van der Waals surface area contributed by atoms with E-state index in [9.17, 15) is 4.79 Å². The second kappa shape index (κ2) is 8.21. The minimum Gasteiger partial charge on any atom is -0.375 e. The van der Waals surface area contributed by atoms with Crippen LogP contribution in [0.25, 0.3) is 0 Å². The van der Waals surface area contributed by atoms with E-state index in [0.29, 0.717) is 6.04 Å². The molecule has 5 heteroatoms. The van der Waals surface area contributed by atoms with Crippen molar-refractivity contribution in [2.24, 2.45) is 0 Å². The second-order valence-corrected chi connectivity index (χ2v) is 10.7. The molecule has 2 unspecified atom stereocenters. The summed E-state index contributed by atoms with van der Waals surface area (Å²) in [5.74, 6) is 0.177. The fourth-order valence-corrected chi connectivity index (χ4v) is 7.28. The lowest BCUT2D eigenvalue weighted by Crippen LogP contribution is -2.47. The molecule has 2 aliphatic heterocycles. The SMILES string of the molecule is CN1C(=O)c2cccc3c2C1CCC3NCC[C@@]1(c2ccccn2)CCOC2(CCCC2)C1. The summed E-state index contributed by atoms with van der Waals surface area (Å²) < 4.78 is 6.41. The number of amides is 1. The van der Waals surface area contributed by atoms with Gasteiger partial charge in [-0.2, -0.15) is 0 Å². The van der Waals surface area contributed by atoms with Crippen LogP contribution < -0.4 is 5.32 Å². The first-order valence-electron chi connectivity index (χ1n) is 12.8. The first-order valence-corrected chi connectivity index (χ1v) is 12.8. The van der Waals surface area contributed by atoms with Gasteiger partial charge in [0.1, 0.15) is 0 Å². The molecule has 3 atom stereocenters. The summed E-state index contributed by atoms with van der Waals surface area (Å²) in [5.41, 5.74) is 4.86. The van der Waals surface area contributed by atoms with Crippen LogP contribution in [-0.2, 0) is 10.2 Å². The van der Waals surface area contributed by atoms with Gasteiger partial charge in [-0.25, -0.2) is 0 Å². The van der Waals surface area contributed by atoms with Crippen molar-refractivity contribution in [1.29, 1.82) is 0 Å². The molecule has 4 aliphatic rings. The first kappa shape index (κ1) is 21.3. The highest BCUT2D eigenvalue weighted by molar-refractivity contribution is 5.99. The molecule has 1 saturated carbocycles. The van der Waals surface area contributed by atoms with Gasteiger partial charge in [0.15, 0.2) is 0 Å². The smallest absolute Gasteiger partial charge is 0.254 e. The topological polar surface area (TPSA) is 54.5 Å². The number of nitrogens with zero attached hydrogens (tertiary/aromatic N) is 2. The average Bonchev–Trinajstić information content (AvgIpc) is 3.40. The Hall–Kier alpha value is -2.24. The molecule has 6 rings (SSSR count). The van der Waals surface area contributed by atoms with E-state index in [1.165, 1.54) is 42.5 Å². The summed E-state index contributed by atoms with van der Waals surface area (Å²) in [6.07, 6.45) is 12.2. The van der Waals surface area contributed by atoms with Gasteiger partial charge in [0.05, 0.1) is 11.6 Å². The molecule has 1 N–H and O–H groups in total. The quantitative estimate of drug-likeness (QED) is 0.697. The molecular weight excluding hydrogens is 410 g/mol. The molecule has 0 bridgehead atoms. The standard InChI is InChI=1S/C28H35N3O2/c1-31-23-11-10-22(20-7-6-8-21(25(20)23)26(31)32)29-17-14-27(24-9-2-5-16-30-24)15-18-33-28(19-27)12-3-4-13-28/h2,5-9,16,22-23,29H,3-4,10-15,17-19H2,1H3/t22?,23?,27-/m1/s1. The van der Waals surface area contributed by atoms with Crippen molar-refractivity contribution >= 4 is 5.91 Å². The predicted molar refractivity (Wildman–Crippen MR) is 128 cm³/mol. The van der Waals surface area contributed by atoms with E-state index in [2.05, 4.69) is 29.6 Å². The number of pyridine rings is 1. The van der Waals surface area contributed by atoms with Gasteiger partial charge < -0.3 is 15.0 Å². The number of carbonyl (C=O) groups excluding carboxylic acids is 1. The van der Waals surface area contributed by atoms with E-state index < -0.39 is 0 Å². The van der Waals surface area contributed by atoms with Gasteiger partial charge in [0.25, 0.3) is 5.91 Å². The summed E-state index contributed by atoms with van der Waals surface area (Å²) in [5, 5.41) is 3.91. The number of ether oxygens (including phenoxy) is 1. The minimum absolute atomic E-state index is 0.0546. The van der Waals surface area contributed by atoms with Crippen LogP contribution in [0.3, 0.4) is 0 Å². The van der Waals surface area contributed by atoms with E-state index in [-0.39, 0.29) is 23.0 Å². The van der Waals surface area contributed by atoms with Crippen LogP contribution in [0.4, 0.5) is 0 Å². The van der Waals surface area contributed by atoms with Crippen LogP contribution in [0.2, 0.25) is 0 Å². The largest absolute Gasteiger partial charge is 0.375 e. The lowest BCUT2D eigenvalue weighted by Gasteiger charge is -2.46. The molecule has 2 fully saturated rings. The Morgan fingerprint density at radius 3 is 2.82 bits per heavy atom. The number of benzene rings is 1. The van der Waals surface area contributed by atoms with E-state index in [1.807, 2.05) is 30.3 Å². The molecule has 174 valence electrons. The Kier molecular flexibility index (Phi) is 5.30. The fraction of sp³-hybridized carbons (Fsp3) is 0.571. The number of carbonyl (C=O) groups is 1. The molecule has 5 nitrogen and oxygen atoms in total. The van der Waals surface area contributed by atoms with Crippen LogP contribution in [-0.4, -0.2) is 41.6 Å². The summed E-state index contributed by atoms with van der Waals surface area (Å²) in [7, 11) is 1.95. The molecule has 0 radical (unpaired) electrons. The van der Waals surface area contributed by atoms with Crippen molar-refractivity contribution in [3.05, 3.63) is 65.0 Å². The summed E-state index contributed by atoms with van der Waals surface area (Å²) >= 11 is 0. The molecular formula is C28H35N3O2. The van der Waals surface area contributed by atoms with E-state index >= 15 is 0 Å².